The minimum absolute atomic E-state index is 0.962. The molecule has 0 saturated carbocycles. The van der Waals surface area contributed by atoms with E-state index >= 15 is 0 Å². The Morgan fingerprint density at radius 2 is 0.604 bits per heavy atom. The predicted octanol–water partition coefficient (Wildman–Crippen LogP) is 10.9. The second-order valence-electron chi connectivity index (χ2n) is 11.7. The molecule has 0 atom stereocenters. The van der Waals surface area contributed by atoms with Crippen LogP contribution in [-0.4, -0.2) is 19.9 Å². The lowest BCUT2D eigenvalue weighted by atomic mass is 9.91. The van der Waals surface area contributed by atoms with Gasteiger partial charge in [-0.15, -0.1) is 0 Å². The summed E-state index contributed by atoms with van der Waals surface area (Å²) in [5.41, 5.74) is 15.2. The minimum Gasteiger partial charge on any atom is -0.256 e. The van der Waals surface area contributed by atoms with Crippen LogP contribution < -0.4 is 0 Å². The summed E-state index contributed by atoms with van der Waals surface area (Å²) in [6.07, 6.45) is 8.98. The maximum absolute atomic E-state index is 4.56. The van der Waals surface area contributed by atoms with Crippen LogP contribution in [0, 0.1) is 0 Å². The second kappa shape index (κ2) is 13.1. The van der Waals surface area contributed by atoms with Gasteiger partial charge in [0.25, 0.3) is 0 Å². The van der Waals surface area contributed by atoms with Crippen LogP contribution in [0.25, 0.3) is 78.1 Å². The van der Waals surface area contributed by atoms with Crippen LogP contribution in [0.5, 0.6) is 0 Å². The van der Waals surface area contributed by atoms with Crippen molar-refractivity contribution in [3.63, 3.8) is 0 Å². The molecule has 5 aromatic carbocycles. The average Bonchev–Trinajstić information content (AvgIpc) is 3.19. The molecule has 0 aliphatic rings. The summed E-state index contributed by atoms with van der Waals surface area (Å²) < 4.78 is 0. The fourth-order valence-electron chi connectivity index (χ4n) is 6.12. The van der Waals surface area contributed by atoms with Crippen molar-refractivity contribution >= 4 is 0 Å². The summed E-state index contributed by atoms with van der Waals surface area (Å²) in [6, 6.07) is 53.4. The van der Waals surface area contributed by atoms with Gasteiger partial charge < -0.3 is 0 Å². The molecular formula is C44H30N4. The first kappa shape index (κ1) is 28.9. The zero-order chi connectivity index (χ0) is 32.1. The molecule has 8 aromatic rings. The van der Waals surface area contributed by atoms with E-state index in [1.54, 1.807) is 6.33 Å². The molecular weight excluding hydrogens is 585 g/mol. The fourth-order valence-corrected chi connectivity index (χ4v) is 6.12. The van der Waals surface area contributed by atoms with Crippen molar-refractivity contribution in [2.45, 2.75) is 0 Å². The Labute approximate surface area is 280 Å². The standard InChI is InChI=1S/C44H30N4/c1-3-19-47-43(17-1)37-15-7-11-33(23-37)31-9-5-13-35(21-31)39-25-40(27-41(26-39)42-28-45-30-46-29-42)36-14-6-10-32(22-36)34-12-8-16-38(24-34)44-18-2-4-20-48-44/h1-30H. The number of nitrogens with zero attached hydrogens (tertiary/aromatic N) is 4. The van der Waals surface area contributed by atoms with E-state index in [1.165, 1.54) is 0 Å². The number of benzene rings is 5. The number of pyridine rings is 2. The average molecular weight is 615 g/mol. The van der Waals surface area contributed by atoms with Crippen LogP contribution >= 0.6 is 0 Å². The third-order valence-electron chi connectivity index (χ3n) is 8.53. The lowest BCUT2D eigenvalue weighted by molar-refractivity contribution is 1.17. The number of hydrogen-bond donors (Lipinski definition) is 0. The van der Waals surface area contributed by atoms with Crippen LogP contribution in [0.4, 0.5) is 0 Å². The molecule has 0 amide bonds. The largest absolute Gasteiger partial charge is 0.256 e. The van der Waals surface area contributed by atoms with Gasteiger partial charge >= 0.3 is 0 Å². The van der Waals surface area contributed by atoms with E-state index in [0.29, 0.717) is 0 Å². The molecule has 0 bridgehead atoms. The van der Waals surface area contributed by atoms with E-state index in [2.05, 4.69) is 135 Å². The van der Waals surface area contributed by atoms with Gasteiger partial charge in [-0.2, -0.15) is 0 Å². The molecule has 3 heterocycles. The van der Waals surface area contributed by atoms with E-state index in [0.717, 1.165) is 78.1 Å². The first-order valence-corrected chi connectivity index (χ1v) is 15.9. The van der Waals surface area contributed by atoms with E-state index in [9.17, 15) is 0 Å². The lowest BCUT2D eigenvalue weighted by Crippen LogP contribution is -1.89. The van der Waals surface area contributed by atoms with Crippen LogP contribution in [0.1, 0.15) is 0 Å². The lowest BCUT2D eigenvalue weighted by Gasteiger charge is -2.13. The van der Waals surface area contributed by atoms with Gasteiger partial charge in [-0.3, -0.25) is 9.97 Å². The maximum atomic E-state index is 4.56. The van der Waals surface area contributed by atoms with E-state index < -0.39 is 0 Å². The topological polar surface area (TPSA) is 51.6 Å². The Hall–Kier alpha value is -6.52. The summed E-state index contributed by atoms with van der Waals surface area (Å²) in [4.78, 5) is 17.7. The summed E-state index contributed by atoms with van der Waals surface area (Å²) in [7, 11) is 0. The third-order valence-corrected chi connectivity index (χ3v) is 8.53. The highest BCUT2D eigenvalue weighted by atomic mass is 14.8. The fraction of sp³-hybridized carbons (Fsp3) is 0. The van der Waals surface area contributed by atoms with Crippen molar-refractivity contribution in [2.24, 2.45) is 0 Å². The van der Waals surface area contributed by atoms with Gasteiger partial charge in [0, 0.05) is 41.5 Å². The molecule has 0 spiro atoms. The molecule has 0 N–H and O–H groups in total. The van der Waals surface area contributed by atoms with Gasteiger partial charge in [0.2, 0.25) is 0 Å². The van der Waals surface area contributed by atoms with Gasteiger partial charge in [0.05, 0.1) is 11.4 Å². The highest BCUT2D eigenvalue weighted by Crippen LogP contribution is 2.36. The van der Waals surface area contributed by atoms with Gasteiger partial charge in [0.15, 0.2) is 0 Å². The van der Waals surface area contributed by atoms with Crippen LogP contribution in [0.2, 0.25) is 0 Å². The summed E-state index contributed by atoms with van der Waals surface area (Å²) >= 11 is 0. The Morgan fingerprint density at radius 1 is 0.271 bits per heavy atom. The van der Waals surface area contributed by atoms with Gasteiger partial charge in [0.1, 0.15) is 6.33 Å². The van der Waals surface area contributed by atoms with Crippen molar-refractivity contribution in [1.82, 2.24) is 19.9 Å². The van der Waals surface area contributed by atoms with E-state index in [4.69, 9.17) is 0 Å². The minimum atomic E-state index is 0.962. The molecule has 4 heteroatoms. The number of aromatic nitrogens is 4. The number of hydrogen-bond acceptors (Lipinski definition) is 4. The Morgan fingerprint density at radius 3 is 1.00 bits per heavy atom. The Kier molecular flexibility index (Phi) is 7.87. The molecule has 0 unspecified atom stereocenters. The normalized spacial score (nSPS) is 10.9. The molecule has 8 rings (SSSR count). The van der Waals surface area contributed by atoms with Crippen molar-refractivity contribution in [1.29, 1.82) is 0 Å². The molecule has 226 valence electrons. The van der Waals surface area contributed by atoms with Crippen LogP contribution in [0.15, 0.2) is 183 Å². The van der Waals surface area contributed by atoms with E-state index in [1.807, 2.05) is 61.2 Å². The molecule has 48 heavy (non-hydrogen) atoms. The van der Waals surface area contributed by atoms with Gasteiger partial charge in [-0.25, -0.2) is 9.97 Å². The molecule has 3 aromatic heterocycles. The SMILES string of the molecule is c1ccc(-c2cccc(-c3cccc(-c4cc(-c5cncnc5)cc(-c5cccc(-c6cccc(-c7ccccn7)c6)c5)c4)c3)c2)nc1. The van der Waals surface area contributed by atoms with Crippen molar-refractivity contribution < 1.29 is 0 Å². The Balaban J connectivity index is 1.20. The van der Waals surface area contributed by atoms with E-state index in [-0.39, 0.29) is 0 Å². The highest BCUT2D eigenvalue weighted by Gasteiger charge is 2.11. The van der Waals surface area contributed by atoms with Crippen molar-refractivity contribution in [2.75, 3.05) is 0 Å². The predicted molar refractivity (Wildman–Crippen MR) is 196 cm³/mol. The first-order chi connectivity index (χ1) is 23.8. The van der Waals surface area contributed by atoms with Crippen LogP contribution in [-0.2, 0) is 0 Å². The third kappa shape index (κ3) is 6.15. The van der Waals surface area contributed by atoms with Gasteiger partial charge in [-0.1, -0.05) is 84.9 Å². The first-order valence-electron chi connectivity index (χ1n) is 15.9. The summed E-state index contributed by atoms with van der Waals surface area (Å²) in [5, 5.41) is 0. The molecule has 4 nitrogen and oxygen atoms in total. The molecule has 0 aliphatic heterocycles. The molecule has 0 saturated heterocycles. The molecule has 0 aliphatic carbocycles. The summed E-state index contributed by atoms with van der Waals surface area (Å²) in [6.45, 7) is 0. The van der Waals surface area contributed by atoms with Crippen molar-refractivity contribution in [3.05, 3.63) is 183 Å². The maximum Gasteiger partial charge on any atom is 0.115 e. The number of rotatable bonds is 7. The Bertz CT molecular complexity index is 2190. The van der Waals surface area contributed by atoms with Crippen LogP contribution in [0.3, 0.4) is 0 Å². The van der Waals surface area contributed by atoms with Gasteiger partial charge in [-0.05, 0) is 117 Å². The smallest absolute Gasteiger partial charge is 0.115 e. The second-order valence-corrected chi connectivity index (χ2v) is 11.7. The monoisotopic (exact) mass is 614 g/mol. The summed E-state index contributed by atoms with van der Waals surface area (Å²) in [5.74, 6) is 0. The zero-order valence-electron chi connectivity index (χ0n) is 26.1. The molecule has 0 fully saturated rings. The van der Waals surface area contributed by atoms with Crippen molar-refractivity contribution in [3.8, 4) is 78.1 Å². The highest BCUT2D eigenvalue weighted by molar-refractivity contribution is 5.84. The zero-order valence-corrected chi connectivity index (χ0v) is 26.1. The quantitative estimate of drug-likeness (QED) is 0.179. The molecule has 0 radical (unpaired) electrons.